The third kappa shape index (κ3) is 3.51. The van der Waals surface area contributed by atoms with Crippen LogP contribution >= 0.6 is 34.4 Å². The Morgan fingerprint density at radius 3 is 3.08 bits per heavy atom. The minimum Gasteiger partial charge on any atom is -0.269 e. The van der Waals surface area contributed by atoms with Crippen LogP contribution in [0.15, 0.2) is 38.9 Å². The summed E-state index contributed by atoms with van der Waals surface area (Å²) < 4.78 is 3.43. The number of aryl methyl sites for hydroxylation is 3. The van der Waals surface area contributed by atoms with E-state index in [-0.39, 0.29) is 5.56 Å². The van der Waals surface area contributed by atoms with Crippen LogP contribution in [0, 0.1) is 6.92 Å². The molecule has 4 aromatic heterocycles. The van der Waals surface area contributed by atoms with Gasteiger partial charge in [0.2, 0.25) is 5.16 Å². The zero-order valence-corrected chi connectivity index (χ0v) is 15.8. The number of hydrogen-bond acceptors (Lipinski definition) is 8. The minimum absolute atomic E-state index is 0.0448. The number of aromatic nitrogens is 6. The van der Waals surface area contributed by atoms with Gasteiger partial charge in [0.25, 0.3) is 5.56 Å². The van der Waals surface area contributed by atoms with Crippen LogP contribution in [-0.2, 0) is 18.7 Å². The zero-order valence-electron chi connectivity index (χ0n) is 13.3. The van der Waals surface area contributed by atoms with Crippen molar-refractivity contribution in [2.24, 2.45) is 0 Å². The SMILES string of the molecule is Cc1csc2nc(CSc3nnnn3CCc3cccs3)cc(=O)n12. The van der Waals surface area contributed by atoms with E-state index in [0.717, 1.165) is 34.5 Å². The molecule has 7 nitrogen and oxygen atoms in total. The first-order valence-corrected chi connectivity index (χ1v) is 10.3. The fraction of sp³-hybridized carbons (Fsp3) is 0.267. The van der Waals surface area contributed by atoms with Crippen molar-refractivity contribution in [3.8, 4) is 0 Å². The van der Waals surface area contributed by atoms with Gasteiger partial charge in [-0.15, -0.1) is 27.8 Å². The smallest absolute Gasteiger partial charge is 0.258 e. The van der Waals surface area contributed by atoms with Crippen molar-refractivity contribution in [1.82, 2.24) is 29.6 Å². The van der Waals surface area contributed by atoms with Gasteiger partial charge in [0.05, 0.1) is 12.2 Å². The first-order valence-electron chi connectivity index (χ1n) is 7.59. The third-order valence-corrected chi connectivity index (χ3v) is 6.50. The zero-order chi connectivity index (χ0) is 17.2. The summed E-state index contributed by atoms with van der Waals surface area (Å²) in [4.78, 5) is 18.8. The number of nitrogens with zero attached hydrogens (tertiary/aromatic N) is 6. The van der Waals surface area contributed by atoms with Crippen molar-refractivity contribution in [3.63, 3.8) is 0 Å². The van der Waals surface area contributed by atoms with Gasteiger partial charge in [0, 0.05) is 34.2 Å². The summed E-state index contributed by atoms with van der Waals surface area (Å²) in [5, 5.41) is 16.6. The molecule has 0 N–H and O–H groups in total. The molecule has 0 saturated carbocycles. The summed E-state index contributed by atoms with van der Waals surface area (Å²) in [5.74, 6) is 0.558. The fourth-order valence-corrected chi connectivity index (χ4v) is 4.81. The molecule has 0 aliphatic heterocycles. The predicted octanol–water partition coefficient (Wildman–Crippen LogP) is 2.65. The molecule has 25 heavy (non-hydrogen) atoms. The summed E-state index contributed by atoms with van der Waals surface area (Å²) in [6.45, 7) is 2.64. The van der Waals surface area contributed by atoms with Crippen LogP contribution in [0.25, 0.3) is 4.96 Å². The molecule has 0 spiro atoms. The summed E-state index contributed by atoms with van der Waals surface area (Å²) >= 11 is 4.70. The van der Waals surface area contributed by atoms with Gasteiger partial charge in [0.15, 0.2) is 4.96 Å². The summed E-state index contributed by atoms with van der Waals surface area (Å²) in [5.41, 5.74) is 1.61. The average Bonchev–Trinajstić information content (AvgIpc) is 3.32. The minimum atomic E-state index is -0.0448. The van der Waals surface area contributed by atoms with Crippen LogP contribution in [0.2, 0.25) is 0 Å². The molecule has 0 radical (unpaired) electrons. The predicted molar refractivity (Wildman–Crippen MR) is 99.5 cm³/mol. The van der Waals surface area contributed by atoms with Gasteiger partial charge in [-0.05, 0) is 28.8 Å². The lowest BCUT2D eigenvalue weighted by Gasteiger charge is -2.04. The maximum Gasteiger partial charge on any atom is 0.258 e. The van der Waals surface area contributed by atoms with E-state index in [2.05, 4.69) is 32.0 Å². The molecule has 0 aliphatic carbocycles. The van der Waals surface area contributed by atoms with Crippen LogP contribution in [0.4, 0.5) is 0 Å². The van der Waals surface area contributed by atoms with Crippen molar-refractivity contribution in [2.75, 3.05) is 0 Å². The molecule has 4 rings (SSSR count). The maximum atomic E-state index is 12.2. The van der Waals surface area contributed by atoms with Crippen molar-refractivity contribution in [2.45, 2.75) is 30.8 Å². The van der Waals surface area contributed by atoms with E-state index in [1.54, 1.807) is 26.5 Å². The number of rotatable bonds is 6. The van der Waals surface area contributed by atoms with Crippen LogP contribution in [0.1, 0.15) is 16.3 Å². The monoisotopic (exact) mass is 390 g/mol. The first-order chi connectivity index (χ1) is 12.2. The number of thioether (sulfide) groups is 1. The molecule has 0 aliphatic rings. The molecule has 10 heteroatoms. The highest BCUT2D eigenvalue weighted by Gasteiger charge is 2.11. The Balaban J connectivity index is 1.47. The molecule has 4 heterocycles. The summed E-state index contributed by atoms with van der Waals surface area (Å²) in [6.07, 6.45) is 0.899. The van der Waals surface area contributed by atoms with Gasteiger partial charge < -0.3 is 0 Å². The standard InChI is InChI=1S/C15H14N6OS3/c1-10-8-24-14-16-11(7-13(22)21(10)14)9-25-15-17-18-19-20(15)5-4-12-3-2-6-23-12/h2-3,6-8H,4-5,9H2,1H3. The van der Waals surface area contributed by atoms with Crippen LogP contribution in [0.5, 0.6) is 0 Å². The Bertz CT molecular complexity index is 1050. The number of fused-ring (bicyclic) bond motifs is 1. The molecule has 0 atom stereocenters. The van der Waals surface area contributed by atoms with E-state index >= 15 is 0 Å². The molecule has 0 saturated heterocycles. The fourth-order valence-electron chi connectivity index (χ4n) is 2.42. The Morgan fingerprint density at radius 1 is 1.32 bits per heavy atom. The molecule has 4 aromatic rings. The average molecular weight is 391 g/mol. The second-order valence-corrected chi connectivity index (χ2v) is 8.19. The number of thiophene rings is 1. The van der Waals surface area contributed by atoms with Gasteiger partial charge in [-0.3, -0.25) is 9.20 Å². The molecular formula is C15H14N6OS3. The second-order valence-electron chi connectivity index (χ2n) is 5.38. The van der Waals surface area contributed by atoms with Crippen LogP contribution in [0.3, 0.4) is 0 Å². The van der Waals surface area contributed by atoms with Gasteiger partial charge in [-0.1, -0.05) is 17.8 Å². The first kappa shape index (κ1) is 16.4. The summed E-state index contributed by atoms with van der Waals surface area (Å²) in [6, 6.07) is 5.73. The van der Waals surface area contributed by atoms with Crippen LogP contribution < -0.4 is 5.56 Å². The maximum absolute atomic E-state index is 12.2. The number of thiazole rings is 1. The Morgan fingerprint density at radius 2 is 2.24 bits per heavy atom. The van der Waals surface area contributed by atoms with E-state index in [9.17, 15) is 4.79 Å². The van der Waals surface area contributed by atoms with Crippen molar-refractivity contribution >= 4 is 39.4 Å². The third-order valence-electron chi connectivity index (χ3n) is 3.63. The molecular weight excluding hydrogens is 376 g/mol. The van der Waals surface area contributed by atoms with Gasteiger partial charge in [-0.2, -0.15) is 0 Å². The highest BCUT2D eigenvalue weighted by molar-refractivity contribution is 7.98. The van der Waals surface area contributed by atoms with Gasteiger partial charge in [-0.25, -0.2) is 9.67 Å². The second kappa shape index (κ2) is 7.06. The molecule has 0 aromatic carbocycles. The number of hydrogen-bond donors (Lipinski definition) is 0. The topological polar surface area (TPSA) is 78.0 Å². The van der Waals surface area contributed by atoms with E-state index in [0.29, 0.717) is 5.75 Å². The lowest BCUT2D eigenvalue weighted by atomic mass is 10.3. The highest BCUT2D eigenvalue weighted by Crippen LogP contribution is 2.20. The molecule has 0 bridgehead atoms. The molecule has 0 unspecified atom stereocenters. The highest BCUT2D eigenvalue weighted by atomic mass is 32.2. The number of tetrazole rings is 1. The van der Waals surface area contributed by atoms with Crippen LogP contribution in [-0.4, -0.2) is 29.6 Å². The normalized spacial score (nSPS) is 11.4. The largest absolute Gasteiger partial charge is 0.269 e. The van der Waals surface area contributed by atoms with E-state index in [1.165, 1.54) is 28.0 Å². The van der Waals surface area contributed by atoms with E-state index < -0.39 is 0 Å². The molecule has 128 valence electrons. The van der Waals surface area contributed by atoms with Crippen molar-refractivity contribution in [3.05, 3.63) is 55.6 Å². The lowest BCUT2D eigenvalue weighted by Crippen LogP contribution is -2.14. The van der Waals surface area contributed by atoms with Gasteiger partial charge >= 0.3 is 0 Å². The molecule has 0 fully saturated rings. The van der Waals surface area contributed by atoms with Crippen molar-refractivity contribution < 1.29 is 0 Å². The Labute approximate surface area is 155 Å². The van der Waals surface area contributed by atoms with E-state index in [4.69, 9.17) is 0 Å². The Hall–Kier alpha value is -2.04. The lowest BCUT2D eigenvalue weighted by molar-refractivity contribution is 0.550. The summed E-state index contributed by atoms with van der Waals surface area (Å²) in [7, 11) is 0. The quantitative estimate of drug-likeness (QED) is 0.471. The van der Waals surface area contributed by atoms with Crippen molar-refractivity contribution in [1.29, 1.82) is 0 Å². The van der Waals surface area contributed by atoms with E-state index in [1.807, 2.05) is 18.4 Å². The molecule has 0 amide bonds. The Kier molecular flexibility index (Phi) is 4.64. The van der Waals surface area contributed by atoms with Gasteiger partial charge in [0.1, 0.15) is 0 Å².